The molecule has 2 rings (SSSR count). The van der Waals surface area contributed by atoms with Crippen molar-refractivity contribution in [3.8, 4) is 0 Å². The normalized spacial score (nSPS) is 12.2. The molecule has 0 radical (unpaired) electrons. The summed E-state index contributed by atoms with van der Waals surface area (Å²) in [7, 11) is 0. The summed E-state index contributed by atoms with van der Waals surface area (Å²) in [4.78, 5) is 0. The van der Waals surface area contributed by atoms with Crippen LogP contribution in [0.1, 0.15) is 32.2 Å². The van der Waals surface area contributed by atoms with Crippen LogP contribution < -0.4 is 0 Å². The Morgan fingerprint density at radius 3 is 2.56 bits per heavy atom. The maximum absolute atomic E-state index is 5.19. The Kier molecular flexibility index (Phi) is 3.43. The van der Waals surface area contributed by atoms with Gasteiger partial charge in [0.2, 0.25) is 4.77 Å². The number of hydrogen-bond donors (Lipinski definition) is 1. The van der Waals surface area contributed by atoms with Crippen LogP contribution >= 0.6 is 12.2 Å². The highest BCUT2D eigenvalue weighted by atomic mass is 32.1. The first-order valence-corrected chi connectivity index (χ1v) is 6.16. The van der Waals surface area contributed by atoms with Gasteiger partial charge in [-0.25, -0.2) is 0 Å². The third kappa shape index (κ3) is 2.73. The van der Waals surface area contributed by atoms with E-state index in [1.807, 2.05) is 30.3 Å². The van der Waals surface area contributed by atoms with Crippen molar-refractivity contribution in [2.24, 2.45) is 5.10 Å². The molecule has 1 aromatic heterocycles. The lowest BCUT2D eigenvalue weighted by Gasteiger charge is -2.15. The van der Waals surface area contributed by atoms with E-state index in [4.69, 9.17) is 12.2 Å². The molecule has 0 fully saturated rings. The SMILES string of the molecule is CC(C)(C)c1n[nH]c(=S)n1/N=C\c1ccccc1. The molecular formula is C13H16N4S. The molecule has 0 saturated carbocycles. The summed E-state index contributed by atoms with van der Waals surface area (Å²) in [5.74, 6) is 0.819. The third-order valence-corrected chi connectivity index (χ3v) is 2.71. The highest BCUT2D eigenvalue weighted by molar-refractivity contribution is 7.71. The maximum Gasteiger partial charge on any atom is 0.216 e. The molecule has 0 amide bonds. The van der Waals surface area contributed by atoms with Crippen molar-refractivity contribution in [1.82, 2.24) is 14.9 Å². The van der Waals surface area contributed by atoms with Crippen LogP contribution in [0.25, 0.3) is 0 Å². The van der Waals surface area contributed by atoms with Crippen LogP contribution in [0.3, 0.4) is 0 Å². The van der Waals surface area contributed by atoms with Crippen LogP contribution in [0.2, 0.25) is 0 Å². The van der Waals surface area contributed by atoms with Crippen LogP contribution in [-0.2, 0) is 5.41 Å². The van der Waals surface area contributed by atoms with Crippen molar-refractivity contribution < 1.29 is 0 Å². The topological polar surface area (TPSA) is 46.0 Å². The van der Waals surface area contributed by atoms with Gasteiger partial charge in [0.15, 0.2) is 5.82 Å². The lowest BCUT2D eigenvalue weighted by molar-refractivity contribution is 0.516. The number of aromatic nitrogens is 3. The predicted octanol–water partition coefficient (Wildman–Crippen LogP) is 3.12. The Bertz CT molecular complexity index is 602. The number of nitrogens with one attached hydrogen (secondary N) is 1. The van der Waals surface area contributed by atoms with Crippen molar-refractivity contribution in [1.29, 1.82) is 0 Å². The highest BCUT2D eigenvalue weighted by Gasteiger charge is 2.21. The van der Waals surface area contributed by atoms with Gasteiger partial charge >= 0.3 is 0 Å². The fraction of sp³-hybridized carbons (Fsp3) is 0.308. The Labute approximate surface area is 111 Å². The van der Waals surface area contributed by atoms with Crippen molar-refractivity contribution >= 4 is 18.4 Å². The van der Waals surface area contributed by atoms with E-state index in [9.17, 15) is 0 Å². The lowest BCUT2D eigenvalue weighted by atomic mass is 9.96. The van der Waals surface area contributed by atoms with Gasteiger partial charge in [-0.2, -0.15) is 14.9 Å². The van der Waals surface area contributed by atoms with Crippen molar-refractivity contribution in [2.75, 3.05) is 0 Å². The molecule has 1 aromatic carbocycles. The van der Waals surface area contributed by atoms with Gasteiger partial charge in [0, 0.05) is 5.41 Å². The summed E-state index contributed by atoms with van der Waals surface area (Å²) in [5.41, 5.74) is 0.919. The summed E-state index contributed by atoms with van der Waals surface area (Å²) >= 11 is 5.19. The van der Waals surface area contributed by atoms with E-state index in [1.165, 1.54) is 0 Å². The van der Waals surface area contributed by atoms with E-state index >= 15 is 0 Å². The first-order chi connectivity index (χ1) is 8.48. The molecule has 0 spiro atoms. The fourth-order valence-electron chi connectivity index (χ4n) is 1.55. The van der Waals surface area contributed by atoms with Gasteiger partial charge in [0.1, 0.15) is 0 Å². The highest BCUT2D eigenvalue weighted by Crippen LogP contribution is 2.19. The molecule has 0 aliphatic heterocycles. The Morgan fingerprint density at radius 1 is 1.28 bits per heavy atom. The molecule has 0 saturated heterocycles. The van der Waals surface area contributed by atoms with E-state index in [0.29, 0.717) is 4.77 Å². The zero-order valence-electron chi connectivity index (χ0n) is 10.7. The molecule has 0 aliphatic rings. The molecule has 0 bridgehead atoms. The zero-order valence-corrected chi connectivity index (χ0v) is 11.5. The Morgan fingerprint density at radius 2 is 1.94 bits per heavy atom. The molecule has 1 N–H and O–H groups in total. The second kappa shape index (κ2) is 4.86. The standard InChI is InChI=1S/C13H16N4S/c1-13(2,3)11-15-16-12(18)17(11)14-9-10-7-5-4-6-8-10/h4-9H,1-3H3,(H,16,18)/b14-9-. The maximum atomic E-state index is 5.19. The molecule has 4 nitrogen and oxygen atoms in total. The quantitative estimate of drug-likeness (QED) is 0.666. The Balaban J connectivity index is 2.38. The molecule has 2 aromatic rings. The van der Waals surface area contributed by atoms with Gasteiger partial charge in [-0.3, -0.25) is 5.10 Å². The summed E-state index contributed by atoms with van der Waals surface area (Å²) in [6.07, 6.45) is 1.78. The van der Waals surface area contributed by atoms with Gasteiger partial charge in [0.05, 0.1) is 6.21 Å². The lowest BCUT2D eigenvalue weighted by Crippen LogP contribution is -2.17. The van der Waals surface area contributed by atoms with E-state index in [2.05, 4.69) is 36.1 Å². The number of benzene rings is 1. The molecule has 0 unspecified atom stereocenters. The van der Waals surface area contributed by atoms with E-state index in [-0.39, 0.29) is 5.41 Å². The monoisotopic (exact) mass is 260 g/mol. The van der Waals surface area contributed by atoms with Crippen LogP contribution in [0.4, 0.5) is 0 Å². The number of H-pyrrole nitrogens is 1. The minimum atomic E-state index is -0.110. The summed E-state index contributed by atoms with van der Waals surface area (Å²) in [6.45, 7) is 6.23. The summed E-state index contributed by atoms with van der Waals surface area (Å²) in [6, 6.07) is 9.90. The predicted molar refractivity (Wildman–Crippen MR) is 75.5 cm³/mol. The largest absolute Gasteiger partial charge is 0.250 e. The number of rotatable bonds is 2. The molecule has 5 heteroatoms. The van der Waals surface area contributed by atoms with Gasteiger partial charge in [-0.1, -0.05) is 51.1 Å². The Hall–Kier alpha value is -1.75. The first-order valence-electron chi connectivity index (χ1n) is 5.76. The first kappa shape index (κ1) is 12.7. The number of aromatic amines is 1. The van der Waals surface area contributed by atoms with Crippen molar-refractivity contribution in [3.63, 3.8) is 0 Å². The average molecular weight is 260 g/mol. The van der Waals surface area contributed by atoms with Crippen molar-refractivity contribution in [3.05, 3.63) is 46.5 Å². The van der Waals surface area contributed by atoms with Gasteiger partial charge < -0.3 is 0 Å². The van der Waals surface area contributed by atoms with Crippen LogP contribution in [0.5, 0.6) is 0 Å². The summed E-state index contributed by atoms with van der Waals surface area (Å²) in [5, 5.41) is 11.4. The van der Waals surface area contributed by atoms with Crippen LogP contribution in [-0.4, -0.2) is 21.1 Å². The molecule has 94 valence electrons. The molecule has 0 aliphatic carbocycles. The molecular weight excluding hydrogens is 244 g/mol. The molecule has 1 heterocycles. The van der Waals surface area contributed by atoms with Crippen LogP contribution in [0.15, 0.2) is 35.4 Å². The van der Waals surface area contributed by atoms with Gasteiger partial charge in [-0.05, 0) is 17.8 Å². The summed E-state index contributed by atoms with van der Waals surface area (Å²) < 4.78 is 2.18. The van der Waals surface area contributed by atoms with E-state index in [0.717, 1.165) is 11.4 Å². The second-order valence-electron chi connectivity index (χ2n) is 5.07. The zero-order chi connectivity index (χ0) is 13.2. The van der Waals surface area contributed by atoms with Crippen molar-refractivity contribution in [2.45, 2.75) is 26.2 Å². The number of nitrogens with zero attached hydrogens (tertiary/aromatic N) is 3. The molecule has 18 heavy (non-hydrogen) atoms. The van der Waals surface area contributed by atoms with E-state index < -0.39 is 0 Å². The smallest absolute Gasteiger partial charge is 0.216 e. The third-order valence-electron chi connectivity index (χ3n) is 2.44. The second-order valence-corrected chi connectivity index (χ2v) is 5.46. The average Bonchev–Trinajstić information content (AvgIpc) is 2.69. The van der Waals surface area contributed by atoms with Crippen LogP contribution in [0, 0.1) is 4.77 Å². The molecule has 0 atom stereocenters. The fourth-order valence-corrected chi connectivity index (χ4v) is 1.73. The number of hydrogen-bond acceptors (Lipinski definition) is 3. The van der Waals surface area contributed by atoms with Gasteiger partial charge in [-0.15, -0.1) is 0 Å². The minimum Gasteiger partial charge on any atom is -0.250 e. The van der Waals surface area contributed by atoms with Gasteiger partial charge in [0.25, 0.3) is 0 Å². The minimum absolute atomic E-state index is 0.110. The van der Waals surface area contributed by atoms with E-state index in [1.54, 1.807) is 10.9 Å².